The minimum atomic E-state index is -3.34. The van der Waals surface area contributed by atoms with E-state index < -0.39 is 32.4 Å². The molecule has 0 aliphatic heterocycles. The van der Waals surface area contributed by atoms with Gasteiger partial charge in [0.1, 0.15) is 0 Å². The Morgan fingerprint density at radius 3 is 2.00 bits per heavy atom. The molecule has 0 radical (unpaired) electrons. The number of rotatable bonds is 4. The van der Waals surface area contributed by atoms with Gasteiger partial charge in [-0.15, -0.1) is 0 Å². The van der Waals surface area contributed by atoms with Gasteiger partial charge in [-0.2, -0.15) is 0 Å². The molecule has 1 amide bonds. The summed E-state index contributed by atoms with van der Waals surface area (Å²) in [6, 6.07) is -1.74. The predicted octanol–water partition coefficient (Wildman–Crippen LogP) is -0.632. The second-order valence-electron chi connectivity index (χ2n) is 2.14. The molecule has 0 aliphatic rings. The molecule has 0 aromatic rings. The maximum atomic E-state index is 10.7. The molecule has 0 spiro atoms. The average Bonchev–Trinajstić information content (AvgIpc) is 1.97. The zero-order valence-corrected chi connectivity index (χ0v) is 7.60. The van der Waals surface area contributed by atoms with Crippen molar-refractivity contribution in [2.45, 2.75) is 13.0 Å². The number of nitrogens with zero attached hydrogens (tertiary/aromatic N) is 1. The lowest BCUT2D eigenvalue weighted by atomic mass is 10.3. The Morgan fingerprint density at radius 1 is 1.46 bits per heavy atom. The van der Waals surface area contributed by atoms with Crippen LogP contribution < -0.4 is 0 Å². The summed E-state index contributed by atoms with van der Waals surface area (Å²) in [5.41, 5.74) is 0. The van der Waals surface area contributed by atoms with Gasteiger partial charge in [0, 0.05) is 6.92 Å². The molecule has 0 heterocycles. The van der Waals surface area contributed by atoms with E-state index in [1.807, 2.05) is 0 Å². The van der Waals surface area contributed by atoms with E-state index in [0.717, 1.165) is 6.92 Å². The Labute approximate surface area is 73.8 Å². The van der Waals surface area contributed by atoms with Crippen molar-refractivity contribution >= 4 is 19.7 Å². The van der Waals surface area contributed by atoms with E-state index in [1.54, 1.807) is 0 Å². The van der Waals surface area contributed by atoms with Crippen molar-refractivity contribution in [2.75, 3.05) is 6.61 Å². The van der Waals surface area contributed by atoms with Crippen LogP contribution in [-0.4, -0.2) is 39.4 Å². The van der Waals surface area contributed by atoms with Gasteiger partial charge in [-0.3, -0.25) is 4.79 Å². The number of hydrogen-bond acceptors (Lipinski definition) is 5. The van der Waals surface area contributed by atoms with Crippen molar-refractivity contribution in [1.82, 2.24) is 4.67 Å². The Balaban J connectivity index is 4.91. The van der Waals surface area contributed by atoms with Crippen LogP contribution in [-0.2, 0) is 18.7 Å². The van der Waals surface area contributed by atoms with E-state index in [0.29, 0.717) is 0 Å². The maximum Gasteiger partial charge on any atom is 0.430 e. The van der Waals surface area contributed by atoms with Gasteiger partial charge in [-0.05, 0) is 0 Å². The van der Waals surface area contributed by atoms with Crippen LogP contribution in [0, 0.1) is 0 Å². The summed E-state index contributed by atoms with van der Waals surface area (Å²) in [7, 11) is -3.34. The summed E-state index contributed by atoms with van der Waals surface area (Å²) < 4.78 is 20.9. The topological polar surface area (TPSA) is 112 Å². The molecular weight excluding hydrogens is 201 g/mol. The van der Waals surface area contributed by atoms with Crippen LogP contribution in [0.5, 0.6) is 0 Å². The van der Waals surface area contributed by atoms with Crippen molar-refractivity contribution in [2.24, 2.45) is 0 Å². The highest BCUT2D eigenvalue weighted by Crippen LogP contribution is 2.17. The Morgan fingerprint density at radius 2 is 1.92 bits per heavy atom. The summed E-state index contributed by atoms with van der Waals surface area (Å²) in [5, 5.41) is 16.9. The number of aliphatic hydroxyl groups excluding tert-OH is 1. The van der Waals surface area contributed by atoms with Crippen LogP contribution in [0.15, 0.2) is 0 Å². The summed E-state index contributed by atoms with van der Waals surface area (Å²) in [6.07, 6.45) is 0. The van der Waals surface area contributed by atoms with Gasteiger partial charge in [0.25, 0.3) is 0 Å². The lowest BCUT2D eigenvalue weighted by Crippen LogP contribution is -2.41. The van der Waals surface area contributed by atoms with Crippen LogP contribution in [0.25, 0.3) is 0 Å². The molecule has 0 rings (SSSR count). The first-order valence-electron chi connectivity index (χ1n) is 3.19. The van der Waals surface area contributed by atoms with Crippen LogP contribution >= 0.6 is 7.83 Å². The SMILES string of the molecule is CC(=O)N(C(CO)C(=O)O)P(=O)=O. The molecular formula is C5H8NO6P. The summed E-state index contributed by atoms with van der Waals surface area (Å²) in [6.45, 7) is -0.0467. The number of carbonyl (C=O) groups is 2. The highest BCUT2D eigenvalue weighted by atomic mass is 31.1. The summed E-state index contributed by atoms with van der Waals surface area (Å²) in [5.74, 6) is -2.52. The van der Waals surface area contributed by atoms with Gasteiger partial charge in [0.15, 0.2) is 6.04 Å². The number of carboxylic acids is 1. The number of aliphatic hydroxyl groups is 1. The van der Waals surface area contributed by atoms with E-state index in [2.05, 4.69) is 0 Å². The first-order chi connectivity index (χ1) is 5.91. The number of hydrogen-bond donors (Lipinski definition) is 2. The second-order valence-corrected chi connectivity index (χ2v) is 3.04. The van der Waals surface area contributed by atoms with Gasteiger partial charge in [-0.25, -0.2) is 18.6 Å². The standard InChI is InChI=1S/C5H8NO6P/c1-3(8)6(13(11)12)4(2-7)5(9)10/h4,7H,2H2,1H3,(H,9,10). The van der Waals surface area contributed by atoms with E-state index in [4.69, 9.17) is 10.2 Å². The molecule has 0 saturated heterocycles. The predicted molar refractivity (Wildman–Crippen MR) is 39.3 cm³/mol. The molecule has 8 heteroatoms. The van der Waals surface area contributed by atoms with E-state index in [1.165, 1.54) is 0 Å². The average molecular weight is 209 g/mol. The zero-order valence-electron chi connectivity index (χ0n) is 6.71. The van der Waals surface area contributed by atoms with E-state index in [9.17, 15) is 18.7 Å². The fraction of sp³-hybridized carbons (Fsp3) is 0.600. The van der Waals surface area contributed by atoms with Gasteiger partial charge >= 0.3 is 13.8 Å². The highest BCUT2D eigenvalue weighted by molar-refractivity contribution is 7.29. The third-order valence-electron chi connectivity index (χ3n) is 1.25. The number of aliphatic carboxylic acids is 1. The highest BCUT2D eigenvalue weighted by Gasteiger charge is 2.30. The molecule has 0 aliphatic carbocycles. The Kier molecular flexibility index (Phi) is 4.30. The quantitative estimate of drug-likeness (QED) is 0.596. The lowest BCUT2D eigenvalue weighted by Gasteiger charge is -2.17. The van der Waals surface area contributed by atoms with Crippen molar-refractivity contribution in [1.29, 1.82) is 0 Å². The lowest BCUT2D eigenvalue weighted by molar-refractivity contribution is -0.147. The van der Waals surface area contributed by atoms with Crippen LogP contribution in [0.4, 0.5) is 0 Å². The van der Waals surface area contributed by atoms with Gasteiger partial charge < -0.3 is 10.2 Å². The van der Waals surface area contributed by atoms with Gasteiger partial charge in [0.2, 0.25) is 5.91 Å². The molecule has 1 atom stereocenters. The van der Waals surface area contributed by atoms with E-state index >= 15 is 0 Å². The van der Waals surface area contributed by atoms with E-state index in [-0.39, 0.29) is 4.67 Å². The maximum absolute atomic E-state index is 10.7. The van der Waals surface area contributed by atoms with Crippen molar-refractivity contribution in [3.8, 4) is 0 Å². The molecule has 0 bridgehead atoms. The normalized spacial score (nSPS) is 11.8. The molecule has 1 unspecified atom stereocenters. The molecule has 0 aromatic heterocycles. The second kappa shape index (κ2) is 4.74. The third-order valence-corrected chi connectivity index (χ3v) is 2.16. The van der Waals surface area contributed by atoms with Gasteiger partial charge in [-0.1, -0.05) is 0 Å². The van der Waals surface area contributed by atoms with Crippen molar-refractivity contribution in [3.63, 3.8) is 0 Å². The number of carbonyl (C=O) groups excluding carboxylic acids is 1. The molecule has 74 valence electrons. The fourth-order valence-corrected chi connectivity index (χ4v) is 1.34. The first-order valence-corrected chi connectivity index (χ1v) is 4.32. The molecule has 0 saturated carbocycles. The smallest absolute Gasteiger partial charge is 0.430 e. The van der Waals surface area contributed by atoms with Gasteiger partial charge in [0.05, 0.1) is 6.61 Å². The van der Waals surface area contributed by atoms with Crippen molar-refractivity contribution < 1.29 is 28.9 Å². The Hall–Kier alpha value is -1.20. The monoisotopic (exact) mass is 209 g/mol. The zero-order chi connectivity index (χ0) is 10.6. The molecule has 2 N–H and O–H groups in total. The molecule has 0 fully saturated rings. The van der Waals surface area contributed by atoms with Crippen LogP contribution in [0.3, 0.4) is 0 Å². The molecule has 0 aromatic carbocycles. The minimum absolute atomic E-state index is 0.0949. The largest absolute Gasteiger partial charge is 0.480 e. The number of carboxylic acid groups (broad SMARTS) is 1. The minimum Gasteiger partial charge on any atom is -0.480 e. The fourth-order valence-electron chi connectivity index (χ4n) is 0.708. The third kappa shape index (κ3) is 2.96. The van der Waals surface area contributed by atoms with Crippen molar-refractivity contribution in [3.05, 3.63) is 0 Å². The Bertz CT molecular complexity index is 277. The summed E-state index contributed by atoms with van der Waals surface area (Å²) >= 11 is 0. The summed E-state index contributed by atoms with van der Waals surface area (Å²) in [4.78, 5) is 21.0. The molecule has 7 nitrogen and oxygen atoms in total. The first kappa shape index (κ1) is 11.8. The van der Waals surface area contributed by atoms with Crippen LogP contribution in [0.2, 0.25) is 0 Å². The van der Waals surface area contributed by atoms with Crippen LogP contribution in [0.1, 0.15) is 6.92 Å². The molecule has 13 heavy (non-hydrogen) atoms. The number of amides is 1.